The molecule has 132 valence electrons. The summed E-state index contributed by atoms with van der Waals surface area (Å²) < 4.78 is 31.0. The first-order valence-electron chi connectivity index (χ1n) is 8.04. The van der Waals surface area contributed by atoms with Crippen LogP contribution < -0.4 is 4.74 Å². The zero-order chi connectivity index (χ0) is 18.0. The van der Waals surface area contributed by atoms with Crippen LogP contribution in [0.3, 0.4) is 0 Å². The molecule has 0 radical (unpaired) electrons. The number of benzene rings is 1. The fourth-order valence-electron chi connectivity index (χ4n) is 3.31. The number of hydrogen-bond donors (Lipinski definition) is 0. The minimum Gasteiger partial charge on any atom is -0.433 e. The molecule has 0 saturated carbocycles. The monoisotopic (exact) mass is 348 g/mol. The van der Waals surface area contributed by atoms with Gasteiger partial charge in [-0.05, 0) is 34.9 Å². The molecule has 0 N–H and O–H groups in total. The molecule has 1 aromatic carbocycles. The molecule has 1 aromatic heterocycles. The molecule has 1 fully saturated rings. The maximum Gasteiger partial charge on any atom is 0.387 e. The molecule has 3 rings (SSSR count). The second-order valence-electron chi connectivity index (χ2n) is 6.06. The highest BCUT2D eigenvalue weighted by Crippen LogP contribution is 2.29. The molecule has 0 spiro atoms. The predicted molar refractivity (Wildman–Crippen MR) is 84.2 cm³/mol. The van der Waals surface area contributed by atoms with E-state index in [1.165, 1.54) is 16.8 Å². The topological polar surface area (TPSA) is 79.9 Å². The third-order valence-electron chi connectivity index (χ3n) is 4.49. The van der Waals surface area contributed by atoms with Crippen LogP contribution in [0.2, 0.25) is 0 Å². The molecule has 1 aliphatic heterocycles. The third kappa shape index (κ3) is 3.44. The number of halogens is 2. The van der Waals surface area contributed by atoms with Gasteiger partial charge in [0.05, 0.1) is 17.8 Å². The highest BCUT2D eigenvalue weighted by atomic mass is 19.3. The molecule has 2 atom stereocenters. The fourth-order valence-corrected chi connectivity index (χ4v) is 3.31. The summed E-state index contributed by atoms with van der Waals surface area (Å²) in [6.07, 6.45) is 1.05. The van der Waals surface area contributed by atoms with Crippen LogP contribution in [-0.2, 0) is 6.54 Å². The van der Waals surface area contributed by atoms with Gasteiger partial charge in [0.15, 0.2) is 5.82 Å². The summed E-state index contributed by atoms with van der Waals surface area (Å²) in [6.45, 7) is 2.88. The first-order chi connectivity index (χ1) is 12.0. The molecule has 1 aliphatic rings. The van der Waals surface area contributed by atoms with Crippen LogP contribution in [0.4, 0.5) is 8.78 Å². The summed E-state index contributed by atoms with van der Waals surface area (Å²) >= 11 is 0. The van der Waals surface area contributed by atoms with E-state index in [9.17, 15) is 8.78 Å². The van der Waals surface area contributed by atoms with Crippen LogP contribution in [0.5, 0.6) is 5.75 Å². The lowest BCUT2D eigenvalue weighted by Gasteiger charge is -2.46. The largest absolute Gasteiger partial charge is 0.433 e. The van der Waals surface area contributed by atoms with Crippen molar-refractivity contribution in [1.82, 2.24) is 25.1 Å². The first kappa shape index (κ1) is 17.2. The number of likely N-dealkylation sites (tertiary alicyclic amines) is 1. The highest BCUT2D eigenvalue weighted by Gasteiger charge is 2.34. The van der Waals surface area contributed by atoms with Crippen molar-refractivity contribution >= 4 is 0 Å². The van der Waals surface area contributed by atoms with Crippen molar-refractivity contribution < 1.29 is 13.5 Å². The summed E-state index contributed by atoms with van der Waals surface area (Å²) in [5.41, 5.74) is 0.498. The summed E-state index contributed by atoms with van der Waals surface area (Å²) in [4.78, 5) is 2.28. The summed E-state index contributed by atoms with van der Waals surface area (Å²) in [6, 6.07) is 6.69. The van der Waals surface area contributed by atoms with Gasteiger partial charge in [0.1, 0.15) is 11.8 Å². The Bertz CT molecular complexity index is 787. The Kier molecular flexibility index (Phi) is 4.90. The number of alkyl halides is 2. The molecular weight excluding hydrogens is 330 g/mol. The molecule has 2 aromatic rings. The number of hydrogen-bond acceptors (Lipinski definition) is 6. The van der Waals surface area contributed by atoms with Crippen LogP contribution in [0.15, 0.2) is 18.2 Å². The van der Waals surface area contributed by atoms with E-state index in [4.69, 9.17) is 5.26 Å². The highest BCUT2D eigenvalue weighted by molar-refractivity contribution is 5.50. The van der Waals surface area contributed by atoms with Crippen molar-refractivity contribution in [3.05, 3.63) is 29.6 Å². The van der Waals surface area contributed by atoms with E-state index < -0.39 is 6.61 Å². The first-order valence-corrected chi connectivity index (χ1v) is 8.04. The number of nitrogens with zero attached hydrogens (tertiary/aromatic N) is 6. The van der Waals surface area contributed by atoms with Gasteiger partial charge >= 0.3 is 6.61 Å². The average Bonchev–Trinajstić information content (AvgIpc) is 3.02. The molecule has 2 heterocycles. The SMILES string of the molecule is CC[C@@H]1[C@H](C)CN1Cc1nnnn1-c1ccc(C#N)c(OC(F)F)c1. The standard InChI is InChI=1S/C16H18F2N6O/c1-3-13-10(2)8-23(13)9-15-20-21-22-24(15)12-5-4-11(7-19)14(6-12)25-16(17)18/h4-6,10,13,16H,3,8-9H2,1-2H3/t10-,13-/m1/s1. The number of aromatic nitrogens is 4. The summed E-state index contributed by atoms with van der Waals surface area (Å²) in [5, 5.41) is 20.7. The van der Waals surface area contributed by atoms with Gasteiger partial charge in [-0.25, -0.2) is 0 Å². The van der Waals surface area contributed by atoms with Gasteiger partial charge in [0, 0.05) is 18.7 Å². The van der Waals surface area contributed by atoms with Gasteiger partial charge in [-0.3, -0.25) is 4.90 Å². The van der Waals surface area contributed by atoms with E-state index in [2.05, 4.69) is 39.0 Å². The molecule has 9 heteroatoms. The van der Waals surface area contributed by atoms with E-state index in [0.29, 0.717) is 30.0 Å². The minimum atomic E-state index is -3.01. The number of rotatable bonds is 6. The van der Waals surface area contributed by atoms with E-state index in [-0.39, 0.29) is 11.3 Å². The van der Waals surface area contributed by atoms with Crippen LogP contribution in [-0.4, -0.2) is 44.3 Å². The lowest BCUT2D eigenvalue weighted by atomic mass is 9.88. The molecule has 7 nitrogen and oxygen atoms in total. The smallest absolute Gasteiger partial charge is 0.387 e. The zero-order valence-corrected chi connectivity index (χ0v) is 13.9. The van der Waals surface area contributed by atoms with Crippen LogP contribution >= 0.6 is 0 Å². The summed E-state index contributed by atoms with van der Waals surface area (Å²) in [7, 11) is 0. The number of ether oxygens (including phenoxy) is 1. The van der Waals surface area contributed by atoms with E-state index in [1.807, 2.05) is 6.07 Å². The van der Waals surface area contributed by atoms with E-state index in [0.717, 1.165) is 13.0 Å². The zero-order valence-electron chi connectivity index (χ0n) is 13.9. The Labute approximate surface area is 143 Å². The van der Waals surface area contributed by atoms with Gasteiger partial charge < -0.3 is 4.74 Å². The Morgan fingerprint density at radius 2 is 2.24 bits per heavy atom. The maximum atomic E-state index is 12.5. The van der Waals surface area contributed by atoms with Crippen molar-refractivity contribution in [2.45, 2.75) is 39.5 Å². The quantitative estimate of drug-likeness (QED) is 0.797. The van der Waals surface area contributed by atoms with Crippen molar-refractivity contribution in [2.75, 3.05) is 6.54 Å². The molecule has 0 aliphatic carbocycles. The van der Waals surface area contributed by atoms with Gasteiger partial charge in [-0.15, -0.1) is 5.10 Å². The second-order valence-corrected chi connectivity index (χ2v) is 6.06. The minimum absolute atomic E-state index is 0.0290. The molecule has 25 heavy (non-hydrogen) atoms. The van der Waals surface area contributed by atoms with E-state index >= 15 is 0 Å². The van der Waals surface area contributed by atoms with Crippen molar-refractivity contribution in [1.29, 1.82) is 5.26 Å². The lowest BCUT2D eigenvalue weighted by molar-refractivity contribution is -0.0500. The van der Waals surface area contributed by atoms with Crippen LogP contribution in [0, 0.1) is 17.2 Å². The molecular formula is C16H18F2N6O. The van der Waals surface area contributed by atoms with Crippen LogP contribution in [0.1, 0.15) is 31.7 Å². The molecule has 0 bridgehead atoms. The second kappa shape index (κ2) is 7.11. The van der Waals surface area contributed by atoms with Crippen molar-refractivity contribution in [2.24, 2.45) is 5.92 Å². The van der Waals surface area contributed by atoms with Crippen LogP contribution in [0.25, 0.3) is 5.69 Å². The van der Waals surface area contributed by atoms with Gasteiger partial charge in [0.2, 0.25) is 0 Å². The van der Waals surface area contributed by atoms with Gasteiger partial charge in [-0.2, -0.15) is 18.7 Å². The Hall–Kier alpha value is -2.60. The predicted octanol–water partition coefficient (Wildman–Crippen LogP) is 2.37. The van der Waals surface area contributed by atoms with Crippen molar-refractivity contribution in [3.8, 4) is 17.5 Å². The Morgan fingerprint density at radius 3 is 2.88 bits per heavy atom. The maximum absolute atomic E-state index is 12.5. The molecule has 0 unspecified atom stereocenters. The summed E-state index contributed by atoms with van der Waals surface area (Å²) in [5.74, 6) is 1.05. The molecule has 1 saturated heterocycles. The third-order valence-corrected chi connectivity index (χ3v) is 4.49. The average molecular weight is 348 g/mol. The van der Waals surface area contributed by atoms with Crippen molar-refractivity contribution in [3.63, 3.8) is 0 Å². The van der Waals surface area contributed by atoms with E-state index in [1.54, 1.807) is 6.07 Å². The Balaban J connectivity index is 1.86. The molecule has 0 amide bonds. The number of tetrazole rings is 1. The lowest BCUT2D eigenvalue weighted by Crippen LogP contribution is -2.54. The number of nitriles is 1. The van der Waals surface area contributed by atoms with Gasteiger partial charge in [-0.1, -0.05) is 13.8 Å². The fraction of sp³-hybridized carbons (Fsp3) is 0.500. The Morgan fingerprint density at radius 1 is 1.44 bits per heavy atom. The van der Waals surface area contributed by atoms with Gasteiger partial charge in [0.25, 0.3) is 0 Å². The normalized spacial score (nSPS) is 20.3.